The number of amides is 4. The molecule has 4 amide bonds. The molecule has 256 valence electrons. The van der Waals surface area contributed by atoms with E-state index in [0.29, 0.717) is 18.5 Å². The Morgan fingerprint density at radius 3 is 1.96 bits per heavy atom. The highest BCUT2D eigenvalue weighted by molar-refractivity contribution is 5.97. The van der Waals surface area contributed by atoms with Gasteiger partial charge >= 0.3 is 0 Å². The van der Waals surface area contributed by atoms with Gasteiger partial charge in [-0.3, -0.25) is 24.1 Å². The molecule has 3 saturated heterocycles. The van der Waals surface area contributed by atoms with Gasteiger partial charge in [-0.05, 0) is 77.2 Å². The highest BCUT2D eigenvalue weighted by atomic mass is 16.2. The number of likely N-dealkylation sites (N-methyl/N-ethyl adjacent to an activating group) is 1. The van der Waals surface area contributed by atoms with Crippen LogP contribution in [-0.4, -0.2) is 107 Å². The molecule has 0 aromatic rings. The molecule has 9 heteroatoms. The lowest BCUT2D eigenvalue weighted by Gasteiger charge is -2.41. The molecular formula is C36H63N5O4. The van der Waals surface area contributed by atoms with Gasteiger partial charge in [0, 0.05) is 38.3 Å². The zero-order chi connectivity index (χ0) is 33.5. The summed E-state index contributed by atoms with van der Waals surface area (Å²) in [6, 6.07) is -1.46. The van der Waals surface area contributed by atoms with Gasteiger partial charge in [-0.1, -0.05) is 66.4 Å². The number of piperidine rings is 1. The Bertz CT molecular complexity index is 1060. The topological polar surface area (TPSA) is 93.3 Å². The molecule has 0 saturated carbocycles. The molecule has 3 aliphatic heterocycles. The van der Waals surface area contributed by atoms with Crippen LogP contribution < -0.4 is 5.32 Å². The number of rotatable bonds is 9. The van der Waals surface area contributed by atoms with Gasteiger partial charge in [0.25, 0.3) is 0 Å². The van der Waals surface area contributed by atoms with Crippen molar-refractivity contribution in [3.8, 4) is 0 Å². The van der Waals surface area contributed by atoms with Crippen LogP contribution >= 0.6 is 0 Å². The van der Waals surface area contributed by atoms with Gasteiger partial charge in [0.05, 0.1) is 12.1 Å². The van der Waals surface area contributed by atoms with Crippen molar-refractivity contribution in [1.82, 2.24) is 24.9 Å². The van der Waals surface area contributed by atoms with E-state index in [-0.39, 0.29) is 47.7 Å². The molecule has 45 heavy (non-hydrogen) atoms. The predicted octanol–water partition coefficient (Wildman–Crippen LogP) is 4.99. The second-order valence-corrected chi connectivity index (χ2v) is 15.4. The van der Waals surface area contributed by atoms with E-state index in [1.165, 1.54) is 6.42 Å². The Hall–Kier alpha value is -2.42. The highest BCUT2D eigenvalue weighted by Gasteiger charge is 2.41. The second-order valence-electron chi connectivity index (χ2n) is 15.4. The van der Waals surface area contributed by atoms with E-state index in [0.717, 1.165) is 71.0 Å². The third-order valence-electron chi connectivity index (χ3n) is 10.1. The summed E-state index contributed by atoms with van der Waals surface area (Å²) in [5.41, 5.74) is 0.0380. The zero-order valence-electron chi connectivity index (χ0n) is 29.9. The van der Waals surface area contributed by atoms with E-state index in [2.05, 4.69) is 24.1 Å². The Balaban J connectivity index is 1.77. The lowest BCUT2D eigenvalue weighted by molar-refractivity contribution is -0.142. The number of nitrogens with one attached hydrogen (secondary N) is 1. The third-order valence-corrected chi connectivity index (χ3v) is 10.1. The summed E-state index contributed by atoms with van der Waals surface area (Å²) in [5.74, 6) is -0.260. The average molecular weight is 630 g/mol. The Kier molecular flexibility index (Phi) is 13.5. The van der Waals surface area contributed by atoms with Crippen molar-refractivity contribution in [2.45, 2.75) is 150 Å². The van der Waals surface area contributed by atoms with Gasteiger partial charge in [-0.2, -0.15) is 0 Å². The molecule has 0 radical (unpaired) electrons. The number of carbonyl (C=O) groups is 4. The molecular weight excluding hydrogens is 566 g/mol. The molecule has 4 atom stereocenters. The molecule has 3 rings (SSSR count). The fourth-order valence-corrected chi connectivity index (χ4v) is 7.34. The largest absolute Gasteiger partial charge is 0.342 e. The van der Waals surface area contributed by atoms with E-state index < -0.39 is 17.5 Å². The molecule has 0 bridgehead atoms. The summed E-state index contributed by atoms with van der Waals surface area (Å²) in [5, 5.41) is 3.15. The van der Waals surface area contributed by atoms with Crippen LogP contribution in [0.25, 0.3) is 0 Å². The standard InChI is InChI=1S/C36H63N5O4/c1-25(2)30(24-27(5)33(43)41-23-17-19-29(41)34(44)39-20-14-11-10-12-15-21-39)38(9)35(45)31(36(6,7)8)37-32(42)28-18-13-16-22-40(28)26(3)4/h24-26,28-31H,10-23H2,1-9H3,(H,37,42)/b27-24+/t28?,29?,30-,31?/m1/s1. The maximum atomic E-state index is 14.2. The molecule has 3 fully saturated rings. The normalized spacial score (nSPS) is 23.8. The predicted molar refractivity (Wildman–Crippen MR) is 180 cm³/mol. The maximum Gasteiger partial charge on any atom is 0.249 e. The van der Waals surface area contributed by atoms with Crippen LogP contribution in [0.4, 0.5) is 0 Å². The summed E-state index contributed by atoms with van der Waals surface area (Å²) >= 11 is 0. The van der Waals surface area contributed by atoms with Crippen LogP contribution in [0, 0.1) is 11.3 Å². The van der Waals surface area contributed by atoms with Crippen molar-refractivity contribution in [1.29, 1.82) is 0 Å². The van der Waals surface area contributed by atoms with Gasteiger partial charge < -0.3 is 20.0 Å². The first-order chi connectivity index (χ1) is 21.1. The highest BCUT2D eigenvalue weighted by Crippen LogP contribution is 2.27. The van der Waals surface area contributed by atoms with E-state index in [9.17, 15) is 19.2 Å². The first kappa shape index (κ1) is 37.0. The summed E-state index contributed by atoms with van der Waals surface area (Å²) in [6.45, 7) is 19.1. The number of hydrogen-bond acceptors (Lipinski definition) is 5. The number of nitrogens with zero attached hydrogens (tertiary/aromatic N) is 4. The Morgan fingerprint density at radius 2 is 1.38 bits per heavy atom. The SMILES string of the molecule is C/C(=C\[C@H](C(C)C)N(C)C(=O)C(NC(=O)C1CCCCN1C(C)C)C(C)(C)C)C(=O)N1CCCC1C(=O)N1CCCCCCC1. The third kappa shape index (κ3) is 9.55. The van der Waals surface area contributed by atoms with Crippen LogP contribution in [0.3, 0.4) is 0 Å². The van der Waals surface area contributed by atoms with E-state index in [4.69, 9.17) is 0 Å². The average Bonchev–Trinajstić information content (AvgIpc) is 3.46. The molecule has 0 aliphatic carbocycles. The molecule has 0 aromatic heterocycles. The van der Waals surface area contributed by atoms with Crippen molar-refractivity contribution in [2.24, 2.45) is 11.3 Å². The van der Waals surface area contributed by atoms with Crippen molar-refractivity contribution >= 4 is 23.6 Å². The van der Waals surface area contributed by atoms with E-state index in [1.54, 1.807) is 23.8 Å². The van der Waals surface area contributed by atoms with Gasteiger partial charge in [0.2, 0.25) is 23.6 Å². The van der Waals surface area contributed by atoms with Gasteiger partial charge in [0.1, 0.15) is 12.1 Å². The monoisotopic (exact) mass is 629 g/mol. The Morgan fingerprint density at radius 1 is 0.800 bits per heavy atom. The van der Waals surface area contributed by atoms with E-state index in [1.807, 2.05) is 45.6 Å². The quantitative estimate of drug-likeness (QED) is 0.363. The molecule has 3 heterocycles. The van der Waals surface area contributed by atoms with Crippen LogP contribution in [-0.2, 0) is 19.2 Å². The van der Waals surface area contributed by atoms with Crippen LogP contribution in [0.5, 0.6) is 0 Å². The summed E-state index contributed by atoms with van der Waals surface area (Å²) in [6.07, 6.45) is 11.9. The van der Waals surface area contributed by atoms with Crippen LogP contribution in [0.15, 0.2) is 11.6 Å². The molecule has 0 aromatic carbocycles. The molecule has 0 spiro atoms. The number of hydrogen-bond donors (Lipinski definition) is 1. The molecule has 9 nitrogen and oxygen atoms in total. The van der Waals surface area contributed by atoms with Gasteiger partial charge in [-0.15, -0.1) is 0 Å². The van der Waals surface area contributed by atoms with Crippen molar-refractivity contribution in [3.63, 3.8) is 0 Å². The minimum absolute atomic E-state index is 0.0323. The minimum Gasteiger partial charge on any atom is -0.342 e. The Labute approximate surface area is 273 Å². The lowest BCUT2D eigenvalue weighted by atomic mass is 9.84. The van der Waals surface area contributed by atoms with Crippen LogP contribution in [0.1, 0.15) is 120 Å². The van der Waals surface area contributed by atoms with Crippen molar-refractivity contribution < 1.29 is 19.2 Å². The zero-order valence-corrected chi connectivity index (χ0v) is 29.9. The smallest absolute Gasteiger partial charge is 0.249 e. The summed E-state index contributed by atoms with van der Waals surface area (Å²) < 4.78 is 0. The minimum atomic E-state index is -0.713. The molecule has 3 aliphatic rings. The van der Waals surface area contributed by atoms with Crippen LogP contribution in [0.2, 0.25) is 0 Å². The maximum absolute atomic E-state index is 14.2. The molecule has 3 unspecified atom stereocenters. The number of likely N-dealkylation sites (tertiary alicyclic amines) is 3. The van der Waals surface area contributed by atoms with Crippen molar-refractivity contribution in [3.05, 3.63) is 11.6 Å². The molecule has 1 N–H and O–H groups in total. The lowest BCUT2D eigenvalue weighted by Crippen LogP contribution is -2.60. The number of carbonyl (C=O) groups excluding carboxylic acids is 4. The fourth-order valence-electron chi connectivity index (χ4n) is 7.34. The van der Waals surface area contributed by atoms with E-state index >= 15 is 0 Å². The van der Waals surface area contributed by atoms with Gasteiger partial charge in [-0.25, -0.2) is 0 Å². The first-order valence-corrected chi connectivity index (χ1v) is 17.8. The summed E-state index contributed by atoms with van der Waals surface area (Å²) in [7, 11) is 1.78. The second kappa shape index (κ2) is 16.4. The van der Waals surface area contributed by atoms with Gasteiger partial charge in [0.15, 0.2) is 0 Å². The fraction of sp³-hybridized carbons (Fsp3) is 0.833. The van der Waals surface area contributed by atoms with Crippen molar-refractivity contribution in [2.75, 3.05) is 33.2 Å². The summed E-state index contributed by atoms with van der Waals surface area (Å²) in [4.78, 5) is 62.9. The first-order valence-electron chi connectivity index (χ1n) is 17.8.